The van der Waals surface area contributed by atoms with E-state index in [1.54, 1.807) is 0 Å². The fourth-order valence-corrected chi connectivity index (χ4v) is 2.21. The van der Waals surface area contributed by atoms with Crippen LogP contribution in [0.3, 0.4) is 0 Å². The van der Waals surface area contributed by atoms with Crippen LogP contribution < -0.4 is 11.2 Å². The van der Waals surface area contributed by atoms with Gasteiger partial charge in [-0.25, -0.2) is 0 Å². The van der Waals surface area contributed by atoms with Crippen molar-refractivity contribution in [2.24, 2.45) is 5.73 Å². The maximum atomic E-state index is 14.8. The lowest BCUT2D eigenvalue weighted by Crippen LogP contribution is -2.67. The molecule has 0 saturated heterocycles. The van der Waals surface area contributed by atoms with E-state index in [2.05, 4.69) is 17.0 Å². The summed E-state index contributed by atoms with van der Waals surface area (Å²) in [5, 5.41) is 17.9. The first-order valence-electron chi connectivity index (χ1n) is 9.35. The number of carbonyl (C=O) groups excluding carboxylic acids is 1. The molecule has 0 radical (unpaired) electrons. The van der Waals surface area contributed by atoms with Crippen molar-refractivity contribution in [1.29, 1.82) is 0 Å². The summed E-state index contributed by atoms with van der Waals surface area (Å²) >= 11 is 0. The van der Waals surface area contributed by atoms with Crippen molar-refractivity contribution in [2.75, 3.05) is 0 Å². The third-order valence-corrected chi connectivity index (χ3v) is 4.15. The van der Waals surface area contributed by atoms with Crippen LogP contribution in [0.2, 0.25) is 0 Å². The van der Waals surface area contributed by atoms with Crippen LogP contribution in [-0.4, -0.2) is 65.6 Å². The third-order valence-electron chi connectivity index (χ3n) is 4.15. The SMILES string of the molecule is C=CC(N)=O.OB(O)c1ccccc1C(F)(OC(F)(F)C(F)(OC(F)(F)C(F)(F)C(F)(F)F)C(F)(F)F)C(F)(F)F. The lowest BCUT2D eigenvalue weighted by atomic mass is 9.75. The molecule has 0 heterocycles. The Morgan fingerprint density at radius 2 is 1.15 bits per heavy atom. The number of hydrogen-bond acceptors (Lipinski definition) is 5. The molecular formula is C17H11BF17NO5. The van der Waals surface area contributed by atoms with Gasteiger partial charge in [-0.05, 0) is 11.5 Å². The molecule has 2 unspecified atom stereocenters. The smallest absolute Gasteiger partial charge is 0.423 e. The number of rotatable bonds is 9. The number of alkyl halides is 17. The van der Waals surface area contributed by atoms with Gasteiger partial charge in [0.05, 0.1) is 0 Å². The van der Waals surface area contributed by atoms with Gasteiger partial charge in [0, 0.05) is 5.56 Å². The average molecular weight is 643 g/mol. The molecule has 0 aromatic heterocycles. The van der Waals surface area contributed by atoms with Crippen molar-refractivity contribution < 1.29 is 99.0 Å². The Labute approximate surface area is 215 Å². The molecule has 41 heavy (non-hydrogen) atoms. The van der Waals surface area contributed by atoms with Gasteiger partial charge in [0.15, 0.2) is 0 Å². The Hall–Kier alpha value is -2.86. The van der Waals surface area contributed by atoms with E-state index in [0.717, 1.165) is 6.08 Å². The summed E-state index contributed by atoms with van der Waals surface area (Å²) < 4.78 is 227. The van der Waals surface area contributed by atoms with E-state index in [4.69, 9.17) is 10.0 Å². The minimum atomic E-state index is -8.02. The minimum Gasteiger partial charge on any atom is -0.423 e. The Morgan fingerprint density at radius 1 is 0.732 bits per heavy atom. The maximum absolute atomic E-state index is 14.8. The van der Waals surface area contributed by atoms with Gasteiger partial charge < -0.3 is 15.8 Å². The van der Waals surface area contributed by atoms with Crippen LogP contribution in [0.4, 0.5) is 74.6 Å². The highest BCUT2D eigenvalue weighted by Gasteiger charge is 2.85. The number of hydrogen-bond donors (Lipinski definition) is 3. The first kappa shape index (κ1) is 38.1. The second-order valence-electron chi connectivity index (χ2n) is 7.06. The number of amides is 1. The molecule has 24 heteroatoms. The van der Waals surface area contributed by atoms with Gasteiger partial charge in [-0.2, -0.15) is 74.6 Å². The molecule has 0 aliphatic carbocycles. The van der Waals surface area contributed by atoms with Crippen molar-refractivity contribution in [3.63, 3.8) is 0 Å². The predicted octanol–water partition coefficient (Wildman–Crippen LogP) is 4.35. The van der Waals surface area contributed by atoms with Gasteiger partial charge in [-0.15, -0.1) is 0 Å². The van der Waals surface area contributed by atoms with Gasteiger partial charge in [0.25, 0.3) is 0 Å². The van der Waals surface area contributed by atoms with E-state index in [1.807, 2.05) is 0 Å². The molecule has 4 N–H and O–H groups in total. The topological polar surface area (TPSA) is 102 Å². The fraction of sp³-hybridized carbons (Fsp3) is 0.471. The molecule has 0 bridgehead atoms. The largest absolute Gasteiger partial charge is 0.488 e. The normalized spacial score (nSPS) is 16.6. The fourth-order valence-electron chi connectivity index (χ4n) is 2.21. The molecule has 2 atom stereocenters. The van der Waals surface area contributed by atoms with Crippen LogP contribution in [0.5, 0.6) is 0 Å². The Kier molecular flexibility index (Phi) is 11.0. The van der Waals surface area contributed by atoms with Crippen LogP contribution in [-0.2, 0) is 20.1 Å². The monoisotopic (exact) mass is 643 g/mol. The number of halogens is 17. The summed E-state index contributed by atoms with van der Waals surface area (Å²) in [5.41, 5.74) is 0.191. The molecule has 0 aliphatic heterocycles. The molecule has 1 amide bonds. The summed E-state index contributed by atoms with van der Waals surface area (Å²) in [7, 11) is -3.24. The molecule has 0 saturated carbocycles. The second kappa shape index (κ2) is 11.8. The summed E-state index contributed by atoms with van der Waals surface area (Å²) in [5.74, 6) is -22.9. The molecular weight excluding hydrogens is 632 g/mol. The van der Waals surface area contributed by atoms with Crippen molar-refractivity contribution >= 4 is 18.5 Å². The molecule has 6 nitrogen and oxygen atoms in total. The number of carbonyl (C=O) groups is 1. The van der Waals surface area contributed by atoms with E-state index < -0.39 is 72.4 Å². The Balaban J connectivity index is 0.00000292. The predicted molar refractivity (Wildman–Crippen MR) is 97.5 cm³/mol. The summed E-state index contributed by atoms with van der Waals surface area (Å²) in [4.78, 5) is 9.47. The van der Waals surface area contributed by atoms with Crippen LogP contribution in [0.1, 0.15) is 5.56 Å². The molecule has 0 spiro atoms. The Morgan fingerprint density at radius 3 is 1.46 bits per heavy atom. The summed E-state index contributed by atoms with van der Waals surface area (Å²) in [6, 6.07) is 0.650. The standard InChI is InChI=1S/C14H6BF17O4.C3H5NO/c16-7(10(20,21)22,5-3-1-2-4-6(5)15(33)34)35-14(31,32)9(19,12(26,27)28)36-13(29,30)8(17,18)11(23,24)25;1-2-3(4)5/h1-4,33-34H;2H,1H2,(H2,4,5). The quantitative estimate of drug-likeness (QED) is 0.211. The van der Waals surface area contributed by atoms with Gasteiger partial charge in [0.1, 0.15) is 0 Å². The number of primary amides is 1. The van der Waals surface area contributed by atoms with E-state index in [9.17, 15) is 79.4 Å². The van der Waals surface area contributed by atoms with Crippen molar-refractivity contribution in [3.05, 3.63) is 42.5 Å². The van der Waals surface area contributed by atoms with Gasteiger partial charge >= 0.3 is 55.5 Å². The molecule has 0 fully saturated rings. The average Bonchev–Trinajstić information content (AvgIpc) is 2.76. The van der Waals surface area contributed by atoms with Gasteiger partial charge in [-0.1, -0.05) is 30.8 Å². The lowest BCUT2D eigenvalue weighted by molar-refractivity contribution is -0.554. The van der Waals surface area contributed by atoms with Crippen molar-refractivity contribution in [2.45, 2.75) is 48.4 Å². The molecule has 1 rings (SSSR count). The third kappa shape index (κ3) is 7.71. The minimum absolute atomic E-state index is 0.114. The van der Waals surface area contributed by atoms with E-state index in [0.29, 0.717) is 6.07 Å². The van der Waals surface area contributed by atoms with E-state index >= 15 is 0 Å². The summed E-state index contributed by atoms with van der Waals surface area (Å²) in [6.45, 7) is 3.09. The molecule has 236 valence electrons. The first-order valence-corrected chi connectivity index (χ1v) is 9.35. The maximum Gasteiger partial charge on any atom is 0.488 e. The molecule has 1 aromatic rings. The zero-order valence-corrected chi connectivity index (χ0v) is 18.8. The van der Waals surface area contributed by atoms with E-state index in [1.165, 1.54) is 4.74 Å². The molecule has 1 aromatic carbocycles. The van der Waals surface area contributed by atoms with Crippen LogP contribution in [0.15, 0.2) is 36.9 Å². The highest BCUT2D eigenvalue weighted by Crippen LogP contribution is 2.57. The zero-order chi connectivity index (χ0) is 33.3. The summed E-state index contributed by atoms with van der Waals surface area (Å²) in [6.07, 6.45) is -37.3. The van der Waals surface area contributed by atoms with Gasteiger partial charge in [0.2, 0.25) is 5.91 Å². The van der Waals surface area contributed by atoms with Crippen molar-refractivity contribution in [1.82, 2.24) is 0 Å². The molecule has 0 aliphatic rings. The lowest BCUT2D eigenvalue weighted by Gasteiger charge is -2.41. The van der Waals surface area contributed by atoms with Crippen molar-refractivity contribution in [3.8, 4) is 0 Å². The highest BCUT2D eigenvalue weighted by molar-refractivity contribution is 6.59. The first-order chi connectivity index (χ1) is 17.9. The number of nitrogens with two attached hydrogens (primary N) is 1. The second-order valence-corrected chi connectivity index (χ2v) is 7.06. The highest BCUT2D eigenvalue weighted by atomic mass is 19.4. The van der Waals surface area contributed by atoms with Crippen LogP contribution in [0.25, 0.3) is 0 Å². The van der Waals surface area contributed by atoms with Crippen LogP contribution in [0, 0.1) is 0 Å². The Bertz CT molecular complexity index is 1070. The van der Waals surface area contributed by atoms with Gasteiger partial charge in [-0.3, -0.25) is 14.3 Å². The number of ether oxygens (including phenoxy) is 2. The van der Waals surface area contributed by atoms with E-state index in [-0.39, 0.29) is 18.2 Å². The zero-order valence-electron chi connectivity index (χ0n) is 18.8. The van der Waals surface area contributed by atoms with Crippen LogP contribution >= 0.6 is 0 Å². The number of benzene rings is 1.